The first kappa shape index (κ1) is 9.74. The third-order valence-electron chi connectivity index (χ3n) is 0.560. The van der Waals surface area contributed by atoms with Gasteiger partial charge < -0.3 is 24.0 Å². The molecule has 0 spiro atoms. The average molecular weight is 168 g/mol. The van der Waals surface area contributed by atoms with Crippen LogP contribution in [0.2, 0.25) is 0 Å². The van der Waals surface area contributed by atoms with Crippen LogP contribution in [-0.2, 0) is 13.9 Å². The van der Waals surface area contributed by atoms with Gasteiger partial charge in [0.1, 0.15) is 13.2 Å². The first-order valence-corrected chi connectivity index (χ1v) is 3.71. The van der Waals surface area contributed by atoms with Crippen LogP contribution in [0.4, 0.5) is 0 Å². The number of carbonyl (C=O) groups excluding carboxylic acids is 1. The van der Waals surface area contributed by atoms with Gasteiger partial charge in [-0.1, -0.05) is 0 Å². The summed E-state index contributed by atoms with van der Waals surface area (Å²) in [5, 5.41) is 8.01. The van der Waals surface area contributed by atoms with Crippen molar-refractivity contribution in [3.8, 4) is 0 Å². The minimum Gasteiger partial charge on any atom is -0.790 e. The Morgan fingerprint density at radius 2 is 2.10 bits per heavy atom. The molecule has 0 saturated carbocycles. The summed E-state index contributed by atoms with van der Waals surface area (Å²) in [6.45, 7) is -1.72. The Morgan fingerprint density at radius 1 is 1.60 bits per heavy atom. The van der Waals surface area contributed by atoms with Gasteiger partial charge in [0.05, 0.1) is 7.82 Å². The van der Waals surface area contributed by atoms with E-state index in [9.17, 15) is 19.1 Å². The summed E-state index contributed by atoms with van der Waals surface area (Å²) in [6, 6.07) is 0. The molecule has 0 aromatic heterocycles. The van der Waals surface area contributed by atoms with E-state index in [0.717, 1.165) is 0 Å². The predicted octanol–water partition coefficient (Wildman–Crippen LogP) is -2.61. The van der Waals surface area contributed by atoms with Crippen molar-refractivity contribution in [2.45, 2.75) is 0 Å². The number of phosphoric ester groups is 1. The Kier molecular flexibility index (Phi) is 3.70. The highest BCUT2D eigenvalue weighted by Gasteiger charge is 1.99. The minimum absolute atomic E-state index is 0.833. The predicted molar refractivity (Wildman–Crippen MR) is 25.7 cm³/mol. The van der Waals surface area contributed by atoms with Gasteiger partial charge in [-0.3, -0.25) is 4.79 Å². The standard InChI is InChI=1S/C3H7O6P/c4-1-3(5)2-9-10(6,7)8/h4H,1-2H2,(H2,6,7,8)/p-2. The molecular weight excluding hydrogens is 163 g/mol. The van der Waals surface area contributed by atoms with Crippen molar-refractivity contribution in [2.75, 3.05) is 13.2 Å². The average Bonchev–Trinajstić information content (AvgIpc) is 1.81. The third-order valence-corrected chi connectivity index (χ3v) is 1.01. The van der Waals surface area contributed by atoms with Crippen molar-refractivity contribution in [2.24, 2.45) is 0 Å². The van der Waals surface area contributed by atoms with Gasteiger partial charge in [-0.2, -0.15) is 0 Å². The molecule has 0 aromatic carbocycles. The molecule has 0 bridgehead atoms. The molecular formula is C3H5O6P-2. The topological polar surface area (TPSA) is 110 Å². The Hall–Kier alpha value is -0.260. The van der Waals surface area contributed by atoms with E-state index in [-0.39, 0.29) is 0 Å². The van der Waals surface area contributed by atoms with Crippen molar-refractivity contribution in [3.05, 3.63) is 0 Å². The summed E-state index contributed by atoms with van der Waals surface area (Å²) < 4.78 is 13.2. The molecule has 0 saturated heterocycles. The summed E-state index contributed by atoms with van der Waals surface area (Å²) in [5.74, 6) is -0.855. The minimum atomic E-state index is -5.06. The van der Waals surface area contributed by atoms with Crippen molar-refractivity contribution < 1.29 is 28.8 Å². The summed E-state index contributed by atoms with van der Waals surface area (Å²) >= 11 is 0. The largest absolute Gasteiger partial charge is 0.790 e. The van der Waals surface area contributed by atoms with Crippen LogP contribution < -0.4 is 9.79 Å². The molecule has 0 aliphatic rings. The lowest BCUT2D eigenvalue weighted by molar-refractivity contribution is -0.341. The SMILES string of the molecule is O=C(CO)COP(=O)([O-])[O-]. The fourth-order valence-corrected chi connectivity index (χ4v) is 0.499. The Bertz CT molecular complexity index is 158. The van der Waals surface area contributed by atoms with E-state index in [0.29, 0.717) is 0 Å². The number of aliphatic hydroxyl groups is 1. The van der Waals surface area contributed by atoms with Gasteiger partial charge in [0.2, 0.25) is 0 Å². The lowest BCUT2D eigenvalue weighted by Crippen LogP contribution is -2.21. The zero-order valence-electron chi connectivity index (χ0n) is 4.85. The molecule has 0 atom stereocenters. The number of ketones is 1. The van der Waals surface area contributed by atoms with E-state index in [4.69, 9.17) is 5.11 Å². The van der Waals surface area contributed by atoms with Crippen molar-refractivity contribution in [1.82, 2.24) is 0 Å². The molecule has 0 amide bonds. The van der Waals surface area contributed by atoms with Crippen LogP contribution in [0.1, 0.15) is 0 Å². The van der Waals surface area contributed by atoms with Gasteiger partial charge in [0.25, 0.3) is 0 Å². The Labute approximate surface area is 56.7 Å². The molecule has 1 N–H and O–H groups in total. The van der Waals surface area contributed by atoms with E-state index in [1.54, 1.807) is 0 Å². The van der Waals surface area contributed by atoms with Crippen molar-refractivity contribution in [1.29, 1.82) is 0 Å². The molecule has 7 heteroatoms. The Morgan fingerprint density at radius 3 is 2.40 bits per heavy atom. The third kappa shape index (κ3) is 5.87. The quantitative estimate of drug-likeness (QED) is 0.460. The molecule has 0 fully saturated rings. The molecule has 60 valence electrons. The summed E-state index contributed by atoms with van der Waals surface area (Å²) in [6.07, 6.45) is 0. The molecule has 0 radical (unpaired) electrons. The van der Waals surface area contributed by atoms with E-state index < -0.39 is 26.8 Å². The second-order valence-corrected chi connectivity index (χ2v) is 2.57. The smallest absolute Gasteiger partial charge is 0.184 e. The van der Waals surface area contributed by atoms with Crippen LogP contribution in [0.25, 0.3) is 0 Å². The number of hydrogen-bond donors (Lipinski definition) is 1. The van der Waals surface area contributed by atoms with Gasteiger partial charge in [-0.15, -0.1) is 0 Å². The van der Waals surface area contributed by atoms with E-state index >= 15 is 0 Å². The van der Waals surface area contributed by atoms with Gasteiger partial charge in [0.15, 0.2) is 5.78 Å². The maximum atomic E-state index is 10.1. The van der Waals surface area contributed by atoms with Crippen LogP contribution >= 0.6 is 7.82 Å². The van der Waals surface area contributed by atoms with Crippen molar-refractivity contribution in [3.63, 3.8) is 0 Å². The number of hydrogen-bond acceptors (Lipinski definition) is 6. The first-order valence-electron chi connectivity index (χ1n) is 2.25. The highest BCUT2D eigenvalue weighted by Crippen LogP contribution is 2.23. The number of aliphatic hydroxyl groups excluding tert-OH is 1. The van der Waals surface area contributed by atoms with Gasteiger partial charge in [0, 0.05) is 0 Å². The molecule has 0 heterocycles. The molecule has 0 aliphatic carbocycles. The maximum absolute atomic E-state index is 10.1. The number of Topliss-reactive ketones (excluding diaryl/α,β-unsaturated/α-hetero) is 1. The molecule has 0 aliphatic heterocycles. The second-order valence-electron chi connectivity index (χ2n) is 1.42. The van der Waals surface area contributed by atoms with Gasteiger partial charge in [-0.05, 0) is 0 Å². The molecule has 0 rings (SSSR count). The van der Waals surface area contributed by atoms with Crippen LogP contribution in [-0.4, -0.2) is 24.1 Å². The van der Waals surface area contributed by atoms with E-state index in [1.165, 1.54) is 0 Å². The molecule has 6 nitrogen and oxygen atoms in total. The monoisotopic (exact) mass is 168 g/mol. The Balaban J connectivity index is 3.56. The van der Waals surface area contributed by atoms with Crippen molar-refractivity contribution >= 4 is 13.6 Å². The lowest BCUT2D eigenvalue weighted by atomic mass is 10.5. The number of carbonyl (C=O) groups is 1. The fourth-order valence-electron chi connectivity index (χ4n) is 0.197. The van der Waals surface area contributed by atoms with Crippen LogP contribution in [0.5, 0.6) is 0 Å². The summed E-state index contributed by atoms with van der Waals surface area (Å²) in [5.41, 5.74) is 0. The van der Waals surface area contributed by atoms with Gasteiger partial charge in [-0.25, -0.2) is 0 Å². The number of phosphoric acid groups is 1. The molecule has 0 aromatic rings. The highest BCUT2D eigenvalue weighted by atomic mass is 31.2. The highest BCUT2D eigenvalue weighted by molar-refractivity contribution is 7.43. The normalized spacial score (nSPS) is 11.5. The first-order chi connectivity index (χ1) is 4.45. The zero-order valence-corrected chi connectivity index (χ0v) is 5.74. The van der Waals surface area contributed by atoms with Crippen LogP contribution in [0.15, 0.2) is 0 Å². The summed E-state index contributed by atoms with van der Waals surface area (Å²) in [7, 11) is -5.06. The van der Waals surface area contributed by atoms with E-state index in [1.807, 2.05) is 0 Å². The van der Waals surface area contributed by atoms with Crippen LogP contribution in [0.3, 0.4) is 0 Å². The lowest BCUT2D eigenvalue weighted by Gasteiger charge is -2.27. The molecule has 0 unspecified atom stereocenters. The number of rotatable bonds is 4. The zero-order chi connectivity index (χ0) is 8.20. The van der Waals surface area contributed by atoms with Crippen LogP contribution in [0, 0.1) is 0 Å². The second kappa shape index (κ2) is 3.80. The fraction of sp³-hybridized carbons (Fsp3) is 0.667. The van der Waals surface area contributed by atoms with Gasteiger partial charge >= 0.3 is 0 Å². The molecule has 10 heavy (non-hydrogen) atoms. The van der Waals surface area contributed by atoms with E-state index in [2.05, 4.69) is 4.52 Å². The maximum Gasteiger partial charge on any atom is 0.184 e. The summed E-state index contributed by atoms with van der Waals surface area (Å²) in [4.78, 5) is 29.4.